The summed E-state index contributed by atoms with van der Waals surface area (Å²) in [6.07, 6.45) is 3.20. The fourth-order valence-corrected chi connectivity index (χ4v) is 2.70. The summed E-state index contributed by atoms with van der Waals surface area (Å²) in [4.78, 5) is 15.6. The molecular weight excluding hydrogens is 318 g/mol. The number of ether oxygens (including phenoxy) is 1. The van der Waals surface area contributed by atoms with Crippen LogP contribution in [0.4, 0.5) is 8.78 Å². The van der Waals surface area contributed by atoms with Gasteiger partial charge in [-0.2, -0.15) is 0 Å². The van der Waals surface area contributed by atoms with Gasteiger partial charge in [-0.3, -0.25) is 4.40 Å². The number of pyridine rings is 1. The Bertz CT molecular complexity index is 922. The van der Waals surface area contributed by atoms with Gasteiger partial charge in [0.1, 0.15) is 17.2 Å². The third kappa shape index (κ3) is 2.68. The lowest BCUT2D eigenvalue weighted by Crippen LogP contribution is -2.11. The van der Waals surface area contributed by atoms with E-state index in [9.17, 15) is 18.7 Å². The summed E-state index contributed by atoms with van der Waals surface area (Å²) in [5, 5.41) is 9.45. The van der Waals surface area contributed by atoms with Gasteiger partial charge in [-0.05, 0) is 36.6 Å². The van der Waals surface area contributed by atoms with E-state index in [1.807, 2.05) is 0 Å². The Hall–Kier alpha value is -2.96. The van der Waals surface area contributed by atoms with Crippen molar-refractivity contribution in [2.24, 2.45) is 0 Å². The number of rotatable bonds is 5. The quantitative estimate of drug-likeness (QED) is 0.780. The first kappa shape index (κ1) is 15.9. The van der Waals surface area contributed by atoms with Crippen molar-refractivity contribution < 1.29 is 23.4 Å². The Morgan fingerprint density at radius 3 is 2.75 bits per heavy atom. The first-order valence-corrected chi connectivity index (χ1v) is 7.22. The van der Waals surface area contributed by atoms with Crippen molar-refractivity contribution in [3.8, 4) is 5.75 Å². The van der Waals surface area contributed by atoms with Crippen LogP contribution in [0.2, 0.25) is 0 Å². The summed E-state index contributed by atoms with van der Waals surface area (Å²) >= 11 is 0. The van der Waals surface area contributed by atoms with Crippen molar-refractivity contribution in [1.82, 2.24) is 9.38 Å². The number of aryl methyl sites for hydroxylation is 1. The van der Waals surface area contributed by atoms with E-state index in [0.29, 0.717) is 11.2 Å². The lowest BCUT2D eigenvalue weighted by molar-refractivity contribution is 0.0687. The summed E-state index contributed by atoms with van der Waals surface area (Å²) in [7, 11) is 1.30. The van der Waals surface area contributed by atoms with E-state index in [1.54, 1.807) is 12.1 Å². The number of carboxylic acid groups (broad SMARTS) is 1. The second-order valence-corrected chi connectivity index (χ2v) is 5.21. The molecule has 2 heterocycles. The number of halogens is 2. The molecule has 1 aromatic carbocycles. The van der Waals surface area contributed by atoms with E-state index in [1.165, 1.54) is 30.0 Å². The van der Waals surface area contributed by atoms with E-state index < -0.39 is 17.6 Å². The molecule has 2 aromatic heterocycles. The van der Waals surface area contributed by atoms with E-state index in [2.05, 4.69) is 4.98 Å². The zero-order chi connectivity index (χ0) is 17.3. The number of benzene rings is 1. The van der Waals surface area contributed by atoms with Crippen LogP contribution in [0, 0.1) is 11.6 Å². The third-order valence-electron chi connectivity index (χ3n) is 3.87. The van der Waals surface area contributed by atoms with E-state index in [4.69, 9.17) is 4.74 Å². The number of aromatic carboxylic acids is 1. The van der Waals surface area contributed by atoms with Crippen molar-refractivity contribution in [3.63, 3.8) is 0 Å². The number of fused-ring (bicyclic) bond motifs is 1. The molecule has 3 aromatic rings. The highest BCUT2D eigenvalue weighted by molar-refractivity contribution is 5.88. The minimum absolute atomic E-state index is 0.00928. The summed E-state index contributed by atoms with van der Waals surface area (Å²) in [5.41, 5.74) is 0.870. The molecule has 0 radical (unpaired) electrons. The lowest BCUT2D eigenvalue weighted by atomic mass is 10.0. The van der Waals surface area contributed by atoms with Gasteiger partial charge in [-0.25, -0.2) is 18.6 Å². The van der Waals surface area contributed by atoms with E-state index >= 15 is 0 Å². The molecule has 0 atom stereocenters. The van der Waals surface area contributed by atoms with Gasteiger partial charge in [-0.1, -0.05) is 6.07 Å². The van der Waals surface area contributed by atoms with Gasteiger partial charge in [0.2, 0.25) is 0 Å². The Balaban J connectivity index is 1.97. The van der Waals surface area contributed by atoms with Gasteiger partial charge in [0.05, 0.1) is 7.11 Å². The maximum Gasteiger partial charge on any atom is 0.353 e. The number of imidazole rings is 1. The molecule has 0 amide bonds. The maximum absolute atomic E-state index is 14.2. The van der Waals surface area contributed by atoms with Crippen LogP contribution in [0.3, 0.4) is 0 Å². The van der Waals surface area contributed by atoms with Crippen LogP contribution in [0.1, 0.15) is 21.6 Å². The van der Waals surface area contributed by atoms with E-state index in [-0.39, 0.29) is 29.8 Å². The number of aromatic nitrogens is 2. The molecule has 7 heteroatoms. The van der Waals surface area contributed by atoms with Crippen LogP contribution in [-0.4, -0.2) is 27.6 Å². The largest absolute Gasteiger partial charge is 0.494 e. The zero-order valence-electron chi connectivity index (χ0n) is 12.8. The molecule has 1 N–H and O–H groups in total. The van der Waals surface area contributed by atoms with Crippen LogP contribution in [-0.2, 0) is 12.8 Å². The molecule has 0 bridgehead atoms. The number of hydrogen-bond acceptors (Lipinski definition) is 3. The fourth-order valence-electron chi connectivity index (χ4n) is 2.70. The molecule has 3 rings (SSSR count). The molecule has 0 saturated carbocycles. The molecule has 0 spiro atoms. The molecule has 0 fully saturated rings. The van der Waals surface area contributed by atoms with Gasteiger partial charge >= 0.3 is 5.97 Å². The Kier molecular flexibility index (Phi) is 4.16. The Morgan fingerprint density at radius 1 is 1.25 bits per heavy atom. The number of carboxylic acids is 1. The standard InChI is InChI=1S/C17H14F2N2O3/c1-24-13-6-5-12(18)11(15(13)19)4-2-10-3-7-14-20-8-9-21(14)16(10)17(22)23/h3,5-9H,2,4H2,1H3,(H,22,23). The average molecular weight is 332 g/mol. The number of nitrogens with zero attached hydrogens (tertiary/aromatic N) is 2. The minimum atomic E-state index is -1.12. The average Bonchev–Trinajstić information content (AvgIpc) is 3.02. The predicted molar refractivity (Wildman–Crippen MR) is 82.5 cm³/mol. The molecule has 24 heavy (non-hydrogen) atoms. The molecule has 5 nitrogen and oxygen atoms in total. The van der Waals surface area contributed by atoms with Crippen molar-refractivity contribution in [3.05, 3.63) is 65.1 Å². The van der Waals surface area contributed by atoms with Crippen LogP contribution < -0.4 is 4.74 Å². The van der Waals surface area contributed by atoms with Crippen LogP contribution in [0.5, 0.6) is 5.75 Å². The molecule has 0 aliphatic heterocycles. The minimum Gasteiger partial charge on any atom is -0.494 e. The van der Waals surface area contributed by atoms with Crippen molar-refractivity contribution in [1.29, 1.82) is 0 Å². The Labute approximate surface area is 136 Å². The molecular formula is C17H14F2N2O3. The normalized spacial score (nSPS) is 11.0. The summed E-state index contributed by atoms with van der Waals surface area (Å²) in [5.74, 6) is -2.62. The zero-order valence-corrected chi connectivity index (χ0v) is 12.8. The number of methoxy groups -OCH3 is 1. The Morgan fingerprint density at radius 2 is 2.04 bits per heavy atom. The lowest BCUT2D eigenvalue weighted by Gasteiger charge is -2.11. The topological polar surface area (TPSA) is 63.8 Å². The van der Waals surface area contributed by atoms with Crippen LogP contribution in [0.15, 0.2) is 36.7 Å². The van der Waals surface area contributed by atoms with Gasteiger partial charge in [0.15, 0.2) is 11.6 Å². The maximum atomic E-state index is 14.2. The van der Waals surface area contributed by atoms with Crippen molar-refractivity contribution >= 4 is 11.6 Å². The van der Waals surface area contributed by atoms with Crippen molar-refractivity contribution in [2.45, 2.75) is 12.8 Å². The smallest absolute Gasteiger partial charge is 0.353 e. The first-order valence-electron chi connectivity index (χ1n) is 7.22. The van der Waals surface area contributed by atoms with Gasteiger partial charge < -0.3 is 9.84 Å². The monoisotopic (exact) mass is 332 g/mol. The van der Waals surface area contributed by atoms with Gasteiger partial charge in [0, 0.05) is 18.0 Å². The third-order valence-corrected chi connectivity index (χ3v) is 3.87. The summed E-state index contributed by atoms with van der Waals surface area (Å²) in [6, 6.07) is 5.63. The molecule has 0 aliphatic carbocycles. The predicted octanol–water partition coefficient (Wildman–Crippen LogP) is 3.10. The second-order valence-electron chi connectivity index (χ2n) is 5.21. The highest BCUT2D eigenvalue weighted by atomic mass is 19.1. The summed E-state index contributed by atoms with van der Waals surface area (Å²) in [6.45, 7) is 0. The second kappa shape index (κ2) is 6.27. The highest BCUT2D eigenvalue weighted by Crippen LogP contribution is 2.25. The number of hydrogen-bond donors (Lipinski definition) is 1. The van der Waals surface area contributed by atoms with Gasteiger partial charge in [-0.15, -0.1) is 0 Å². The van der Waals surface area contributed by atoms with Crippen molar-refractivity contribution in [2.75, 3.05) is 7.11 Å². The number of carbonyl (C=O) groups is 1. The van der Waals surface area contributed by atoms with Crippen LogP contribution in [0.25, 0.3) is 5.65 Å². The highest BCUT2D eigenvalue weighted by Gasteiger charge is 2.18. The van der Waals surface area contributed by atoms with Crippen LogP contribution >= 0.6 is 0 Å². The SMILES string of the molecule is COc1ccc(F)c(CCc2ccc3nccn3c2C(=O)O)c1F. The van der Waals surface area contributed by atoms with E-state index in [0.717, 1.165) is 6.07 Å². The molecule has 0 aliphatic rings. The molecule has 124 valence electrons. The van der Waals surface area contributed by atoms with Gasteiger partial charge in [0.25, 0.3) is 0 Å². The molecule has 0 unspecified atom stereocenters. The summed E-state index contributed by atoms with van der Waals surface area (Å²) < 4.78 is 34.4. The fraction of sp³-hybridized carbons (Fsp3) is 0.176. The molecule has 0 saturated heterocycles. The first-order chi connectivity index (χ1) is 11.5.